The minimum Gasteiger partial charge on any atom is -0.481 e. The molecule has 0 radical (unpaired) electrons. The zero-order chi connectivity index (χ0) is 25.1. The van der Waals surface area contributed by atoms with E-state index >= 15 is 0 Å². The number of nitrogens with zero attached hydrogens (tertiary/aromatic N) is 2. The van der Waals surface area contributed by atoms with Gasteiger partial charge in [-0.1, -0.05) is 54.1 Å². The second-order valence-corrected chi connectivity index (χ2v) is 10.8. The van der Waals surface area contributed by atoms with Gasteiger partial charge in [0, 0.05) is 34.1 Å². The predicted molar refractivity (Wildman–Crippen MR) is 139 cm³/mol. The molecular formula is C28H36ClN2O3+. The average Bonchev–Trinajstić information content (AvgIpc) is 3.34. The van der Waals surface area contributed by atoms with E-state index in [0.29, 0.717) is 5.02 Å². The van der Waals surface area contributed by atoms with Gasteiger partial charge in [-0.05, 0) is 49.9 Å². The maximum absolute atomic E-state index is 12.2. The number of hydrogen-bond acceptors (Lipinski definition) is 2. The first kappa shape index (κ1) is 26.0. The molecule has 2 heterocycles. The Morgan fingerprint density at radius 2 is 1.59 bits per heavy atom. The van der Waals surface area contributed by atoms with Crippen molar-refractivity contribution in [1.29, 1.82) is 0 Å². The van der Waals surface area contributed by atoms with E-state index in [9.17, 15) is 9.90 Å². The van der Waals surface area contributed by atoms with E-state index in [1.807, 2.05) is 42.5 Å². The Balaban J connectivity index is 0.000000406. The molecule has 0 fully saturated rings. The van der Waals surface area contributed by atoms with E-state index in [2.05, 4.69) is 37.8 Å². The van der Waals surface area contributed by atoms with Gasteiger partial charge in [-0.2, -0.15) is 0 Å². The summed E-state index contributed by atoms with van der Waals surface area (Å²) in [6, 6.07) is 18.0. The standard InChI is InChI=1S/C23H22ClNO2.C5H14NO/c1-23(2,22(26)27)21-20(16-10-12-17(24)13-11-16)19(15-7-4-3-5-8-15)18-9-6-14-25(18)21;1-6(2,3)4-5-7/h3-5,7-8,10-13H,6,9,14H2,1-2H3,(H,26,27);7H,4-5H2,1-3H3/q;+1. The van der Waals surface area contributed by atoms with Crippen molar-refractivity contribution < 1.29 is 19.5 Å². The molecule has 0 unspecified atom stereocenters. The molecule has 34 heavy (non-hydrogen) atoms. The van der Waals surface area contributed by atoms with Crippen molar-refractivity contribution in [2.75, 3.05) is 34.3 Å². The first-order valence-electron chi connectivity index (χ1n) is 11.7. The lowest BCUT2D eigenvalue weighted by atomic mass is 9.82. The van der Waals surface area contributed by atoms with Gasteiger partial charge in [-0.3, -0.25) is 4.79 Å². The van der Waals surface area contributed by atoms with Gasteiger partial charge >= 0.3 is 5.97 Å². The van der Waals surface area contributed by atoms with Gasteiger partial charge in [0.15, 0.2) is 0 Å². The molecule has 182 valence electrons. The van der Waals surface area contributed by atoms with Crippen LogP contribution < -0.4 is 0 Å². The summed E-state index contributed by atoms with van der Waals surface area (Å²) in [7, 11) is 6.16. The van der Waals surface area contributed by atoms with Gasteiger partial charge < -0.3 is 19.3 Å². The SMILES string of the molecule is CC(C)(C(=O)O)c1c(-c2ccc(Cl)cc2)c(-c2ccccc2)c2n1CCC2.C[N+](C)(C)CCO. The minimum absolute atomic E-state index is 0.281. The molecule has 2 N–H and O–H groups in total. The Labute approximate surface area is 207 Å². The highest BCUT2D eigenvalue weighted by Gasteiger charge is 2.40. The summed E-state index contributed by atoms with van der Waals surface area (Å²) in [6.07, 6.45) is 2.00. The molecule has 2 aromatic carbocycles. The van der Waals surface area contributed by atoms with Crippen LogP contribution in [0.4, 0.5) is 0 Å². The number of hydrogen-bond donors (Lipinski definition) is 2. The van der Waals surface area contributed by atoms with Crippen LogP contribution in [0.2, 0.25) is 5.02 Å². The van der Waals surface area contributed by atoms with E-state index in [-0.39, 0.29) is 6.61 Å². The summed E-state index contributed by atoms with van der Waals surface area (Å²) in [5.74, 6) is -0.815. The molecule has 0 amide bonds. The summed E-state index contributed by atoms with van der Waals surface area (Å²) in [5.41, 5.74) is 5.41. The van der Waals surface area contributed by atoms with E-state index in [1.54, 1.807) is 13.8 Å². The molecular weight excluding hydrogens is 448 g/mol. The molecule has 4 rings (SSSR count). The number of halogens is 1. The Kier molecular flexibility index (Phi) is 7.91. The van der Waals surface area contributed by atoms with Gasteiger partial charge in [-0.25, -0.2) is 0 Å². The summed E-state index contributed by atoms with van der Waals surface area (Å²) >= 11 is 6.11. The number of quaternary nitrogens is 1. The van der Waals surface area contributed by atoms with Crippen molar-refractivity contribution in [3.8, 4) is 22.3 Å². The minimum atomic E-state index is -0.999. The second kappa shape index (κ2) is 10.3. The van der Waals surface area contributed by atoms with Crippen LogP contribution in [-0.2, 0) is 23.2 Å². The number of carboxylic acids is 1. The molecule has 0 saturated carbocycles. The van der Waals surface area contributed by atoms with Gasteiger partial charge in [0.2, 0.25) is 0 Å². The van der Waals surface area contributed by atoms with Crippen LogP contribution in [0.25, 0.3) is 22.3 Å². The number of likely N-dealkylation sites (N-methyl/N-ethyl adjacent to an activating group) is 1. The number of aliphatic hydroxyl groups excluding tert-OH is 1. The fourth-order valence-corrected chi connectivity index (χ4v) is 4.57. The zero-order valence-electron chi connectivity index (χ0n) is 20.8. The number of aliphatic hydroxyl groups is 1. The van der Waals surface area contributed by atoms with Crippen molar-refractivity contribution in [1.82, 2.24) is 4.57 Å². The number of carboxylic acid groups (broad SMARTS) is 1. The van der Waals surface area contributed by atoms with Crippen molar-refractivity contribution in [3.05, 3.63) is 71.0 Å². The lowest BCUT2D eigenvalue weighted by molar-refractivity contribution is -0.870. The Bertz CT molecular complexity index is 1130. The fourth-order valence-electron chi connectivity index (χ4n) is 4.44. The molecule has 5 nitrogen and oxygen atoms in total. The van der Waals surface area contributed by atoms with Crippen LogP contribution in [0.15, 0.2) is 54.6 Å². The Morgan fingerprint density at radius 3 is 2.09 bits per heavy atom. The normalized spacial score (nSPS) is 13.3. The number of aromatic nitrogens is 1. The quantitative estimate of drug-likeness (QED) is 0.457. The Hall–Kier alpha value is -2.60. The van der Waals surface area contributed by atoms with Crippen molar-refractivity contribution in [2.45, 2.75) is 38.6 Å². The molecule has 3 aromatic rings. The van der Waals surface area contributed by atoms with Crippen LogP contribution in [0, 0.1) is 0 Å². The van der Waals surface area contributed by atoms with Gasteiger partial charge in [0.1, 0.15) is 12.0 Å². The van der Waals surface area contributed by atoms with Crippen LogP contribution in [-0.4, -0.2) is 59.5 Å². The highest BCUT2D eigenvalue weighted by Crippen LogP contribution is 2.47. The molecule has 6 heteroatoms. The molecule has 0 bridgehead atoms. The van der Waals surface area contributed by atoms with Crippen molar-refractivity contribution in [3.63, 3.8) is 0 Å². The van der Waals surface area contributed by atoms with Crippen molar-refractivity contribution >= 4 is 17.6 Å². The van der Waals surface area contributed by atoms with E-state index in [1.165, 1.54) is 5.69 Å². The summed E-state index contributed by atoms with van der Waals surface area (Å²) < 4.78 is 3.08. The smallest absolute Gasteiger partial charge is 0.315 e. The van der Waals surface area contributed by atoms with Gasteiger partial charge in [0.25, 0.3) is 0 Å². The summed E-state index contributed by atoms with van der Waals surface area (Å²) in [6.45, 7) is 5.56. The highest BCUT2D eigenvalue weighted by molar-refractivity contribution is 6.30. The third kappa shape index (κ3) is 5.54. The lowest BCUT2D eigenvalue weighted by Crippen LogP contribution is -2.36. The molecule has 1 aliphatic rings. The van der Waals surface area contributed by atoms with Crippen LogP contribution in [0.1, 0.15) is 31.7 Å². The first-order chi connectivity index (χ1) is 16.0. The number of rotatable bonds is 6. The van der Waals surface area contributed by atoms with E-state index in [0.717, 1.165) is 58.4 Å². The monoisotopic (exact) mass is 483 g/mol. The topological polar surface area (TPSA) is 62.5 Å². The molecule has 0 aliphatic carbocycles. The third-order valence-electron chi connectivity index (χ3n) is 6.26. The Morgan fingerprint density at radius 1 is 1.00 bits per heavy atom. The van der Waals surface area contributed by atoms with Crippen LogP contribution >= 0.6 is 11.6 Å². The summed E-state index contributed by atoms with van der Waals surface area (Å²) in [4.78, 5) is 12.2. The number of carbonyl (C=O) groups is 1. The van der Waals surface area contributed by atoms with Gasteiger partial charge in [0.05, 0.1) is 27.7 Å². The largest absolute Gasteiger partial charge is 0.481 e. The summed E-state index contributed by atoms with van der Waals surface area (Å²) in [5, 5.41) is 19.0. The predicted octanol–water partition coefficient (Wildman–Crippen LogP) is 5.47. The molecule has 1 aromatic heterocycles. The molecule has 0 spiro atoms. The molecule has 0 saturated heterocycles. The maximum Gasteiger partial charge on any atom is 0.315 e. The van der Waals surface area contributed by atoms with Crippen LogP contribution in [0.5, 0.6) is 0 Å². The fraction of sp³-hybridized carbons (Fsp3) is 0.393. The van der Waals surface area contributed by atoms with E-state index in [4.69, 9.17) is 16.7 Å². The molecule has 0 atom stereocenters. The third-order valence-corrected chi connectivity index (χ3v) is 6.51. The number of aliphatic carboxylic acids is 1. The maximum atomic E-state index is 12.2. The van der Waals surface area contributed by atoms with Crippen molar-refractivity contribution in [2.24, 2.45) is 0 Å². The average molecular weight is 484 g/mol. The van der Waals surface area contributed by atoms with Gasteiger partial charge in [-0.15, -0.1) is 0 Å². The number of fused-ring (bicyclic) bond motifs is 1. The lowest BCUT2D eigenvalue weighted by Gasteiger charge is -2.24. The number of benzene rings is 2. The molecule has 1 aliphatic heterocycles. The first-order valence-corrected chi connectivity index (χ1v) is 12.1. The zero-order valence-corrected chi connectivity index (χ0v) is 21.6. The van der Waals surface area contributed by atoms with Crippen LogP contribution in [0.3, 0.4) is 0 Å². The second-order valence-electron chi connectivity index (χ2n) is 10.3. The van der Waals surface area contributed by atoms with E-state index < -0.39 is 11.4 Å². The highest BCUT2D eigenvalue weighted by atomic mass is 35.5.